The zero-order chi connectivity index (χ0) is 18.9. The van der Waals surface area contributed by atoms with Crippen molar-refractivity contribution in [1.29, 1.82) is 0 Å². The number of nitrogens with one attached hydrogen (secondary N) is 1. The number of hydrogen-bond donors (Lipinski definition) is 1. The highest BCUT2D eigenvalue weighted by molar-refractivity contribution is 7.89. The minimum absolute atomic E-state index is 0.00772. The summed E-state index contributed by atoms with van der Waals surface area (Å²) >= 11 is 0. The Balaban J connectivity index is 1.42. The van der Waals surface area contributed by atoms with Crippen LogP contribution in [0, 0.1) is 0 Å². The van der Waals surface area contributed by atoms with Gasteiger partial charge in [0.05, 0.1) is 0 Å². The van der Waals surface area contributed by atoms with Crippen molar-refractivity contribution in [2.75, 3.05) is 19.6 Å². The second kappa shape index (κ2) is 7.13. The van der Waals surface area contributed by atoms with E-state index in [4.69, 9.17) is 4.42 Å². The van der Waals surface area contributed by atoms with E-state index in [9.17, 15) is 13.2 Å². The van der Waals surface area contributed by atoms with Crippen molar-refractivity contribution in [1.82, 2.24) is 9.62 Å². The Morgan fingerprint density at radius 1 is 1.04 bits per heavy atom. The van der Waals surface area contributed by atoms with Crippen molar-refractivity contribution in [2.45, 2.75) is 42.6 Å². The summed E-state index contributed by atoms with van der Waals surface area (Å²) in [5, 5.41) is 2.75. The van der Waals surface area contributed by atoms with Crippen LogP contribution in [0.1, 0.15) is 48.2 Å². The van der Waals surface area contributed by atoms with Gasteiger partial charge in [-0.1, -0.05) is 36.8 Å². The van der Waals surface area contributed by atoms with E-state index in [-0.39, 0.29) is 22.2 Å². The van der Waals surface area contributed by atoms with Gasteiger partial charge in [-0.25, -0.2) is 8.42 Å². The van der Waals surface area contributed by atoms with E-state index in [2.05, 4.69) is 17.4 Å². The SMILES string of the molecule is O=C(NCC1(c2ccccc2)CC1)c1ccc(S(=O)(=O)N2CCCCC2)o1. The summed E-state index contributed by atoms with van der Waals surface area (Å²) in [5.74, 6) is -0.341. The second-order valence-electron chi connectivity index (χ2n) is 7.41. The lowest BCUT2D eigenvalue weighted by molar-refractivity contribution is 0.0916. The van der Waals surface area contributed by atoms with E-state index in [0.29, 0.717) is 19.6 Å². The van der Waals surface area contributed by atoms with Crippen molar-refractivity contribution in [3.8, 4) is 0 Å². The lowest BCUT2D eigenvalue weighted by Crippen LogP contribution is -2.35. The van der Waals surface area contributed by atoms with Crippen molar-refractivity contribution in [3.05, 3.63) is 53.8 Å². The molecule has 0 unspecified atom stereocenters. The van der Waals surface area contributed by atoms with E-state index in [1.165, 1.54) is 22.0 Å². The number of hydrogen-bond acceptors (Lipinski definition) is 4. The lowest BCUT2D eigenvalue weighted by atomic mass is 9.96. The number of carbonyl (C=O) groups is 1. The molecule has 2 aromatic rings. The molecule has 0 atom stereocenters. The average molecular weight is 388 g/mol. The molecule has 1 aliphatic carbocycles. The fraction of sp³-hybridized carbons (Fsp3) is 0.450. The zero-order valence-electron chi connectivity index (χ0n) is 15.2. The summed E-state index contributed by atoms with van der Waals surface area (Å²) in [7, 11) is -3.66. The van der Waals surface area contributed by atoms with Crippen LogP contribution >= 0.6 is 0 Å². The maximum Gasteiger partial charge on any atom is 0.287 e. The van der Waals surface area contributed by atoms with Gasteiger partial charge in [-0.2, -0.15) is 4.31 Å². The molecule has 2 fully saturated rings. The summed E-state index contributed by atoms with van der Waals surface area (Å²) < 4.78 is 32.1. The van der Waals surface area contributed by atoms with Crippen LogP contribution in [-0.4, -0.2) is 38.3 Å². The standard InChI is InChI=1S/C20H24N2O4S/c23-19(21-15-20(11-12-20)16-7-3-1-4-8-16)17-9-10-18(26-17)27(24,25)22-13-5-2-6-14-22/h1,3-4,7-10H,2,5-6,11-15H2,(H,21,23). The smallest absolute Gasteiger partial charge is 0.287 e. The van der Waals surface area contributed by atoms with Crippen molar-refractivity contribution in [3.63, 3.8) is 0 Å². The van der Waals surface area contributed by atoms with Gasteiger partial charge in [-0.05, 0) is 43.4 Å². The molecular weight excluding hydrogens is 364 g/mol. The number of piperidine rings is 1. The van der Waals surface area contributed by atoms with Gasteiger partial charge in [0.25, 0.3) is 15.9 Å². The molecule has 0 radical (unpaired) electrons. The number of carbonyl (C=O) groups excluding carboxylic acids is 1. The molecule has 0 bridgehead atoms. The largest absolute Gasteiger partial charge is 0.438 e. The van der Waals surface area contributed by atoms with Crippen LogP contribution in [0.3, 0.4) is 0 Å². The van der Waals surface area contributed by atoms with Gasteiger partial charge in [-0.3, -0.25) is 4.79 Å². The number of sulfonamides is 1. The van der Waals surface area contributed by atoms with Crippen LogP contribution < -0.4 is 5.32 Å². The van der Waals surface area contributed by atoms with Crippen molar-refractivity contribution >= 4 is 15.9 Å². The molecular formula is C20H24N2O4S. The van der Waals surface area contributed by atoms with E-state index < -0.39 is 10.0 Å². The first-order valence-electron chi connectivity index (χ1n) is 9.45. The van der Waals surface area contributed by atoms with Gasteiger partial charge >= 0.3 is 0 Å². The van der Waals surface area contributed by atoms with Crippen LogP contribution in [0.2, 0.25) is 0 Å². The molecule has 1 aromatic heterocycles. The Morgan fingerprint density at radius 2 is 1.74 bits per heavy atom. The van der Waals surface area contributed by atoms with Crippen LogP contribution in [0.25, 0.3) is 0 Å². The Morgan fingerprint density at radius 3 is 2.41 bits per heavy atom. The van der Waals surface area contributed by atoms with Crippen molar-refractivity contribution in [2.24, 2.45) is 0 Å². The number of benzene rings is 1. The summed E-state index contributed by atoms with van der Waals surface area (Å²) in [6.45, 7) is 1.53. The molecule has 2 aliphatic rings. The molecule has 6 nitrogen and oxygen atoms in total. The van der Waals surface area contributed by atoms with Crippen LogP contribution in [0.5, 0.6) is 0 Å². The highest BCUT2D eigenvalue weighted by Gasteiger charge is 2.44. The predicted octanol–water partition coefficient (Wildman–Crippen LogP) is 2.92. The number of furan rings is 1. The van der Waals surface area contributed by atoms with E-state index in [1.54, 1.807) is 0 Å². The summed E-state index contributed by atoms with van der Waals surface area (Å²) in [4.78, 5) is 12.5. The van der Waals surface area contributed by atoms with E-state index in [0.717, 1.165) is 32.1 Å². The molecule has 144 valence electrons. The fourth-order valence-electron chi connectivity index (χ4n) is 3.66. The Kier molecular flexibility index (Phi) is 4.82. The van der Waals surface area contributed by atoms with Gasteiger partial charge in [0.1, 0.15) is 0 Å². The first kappa shape index (κ1) is 18.3. The van der Waals surface area contributed by atoms with Gasteiger partial charge in [-0.15, -0.1) is 0 Å². The van der Waals surface area contributed by atoms with Crippen LogP contribution in [0.15, 0.2) is 52.0 Å². The summed E-state index contributed by atoms with van der Waals surface area (Å²) in [5.41, 5.74) is 1.21. The van der Waals surface area contributed by atoms with Gasteiger partial charge in [0.2, 0.25) is 5.09 Å². The third-order valence-electron chi connectivity index (χ3n) is 5.54. The first-order chi connectivity index (χ1) is 13.0. The molecule has 1 aromatic carbocycles. The molecule has 1 saturated heterocycles. The third kappa shape index (κ3) is 3.66. The van der Waals surface area contributed by atoms with Gasteiger partial charge in [0.15, 0.2) is 5.76 Å². The van der Waals surface area contributed by atoms with E-state index in [1.807, 2.05) is 18.2 Å². The van der Waals surface area contributed by atoms with Crippen molar-refractivity contribution < 1.29 is 17.6 Å². The molecule has 1 N–H and O–H groups in total. The van der Waals surface area contributed by atoms with Gasteiger partial charge < -0.3 is 9.73 Å². The normalized spacial score (nSPS) is 19.6. The highest BCUT2D eigenvalue weighted by atomic mass is 32.2. The third-order valence-corrected chi connectivity index (χ3v) is 7.31. The Bertz CT molecular complexity index is 910. The van der Waals surface area contributed by atoms with Gasteiger partial charge in [0, 0.05) is 25.0 Å². The maximum atomic E-state index is 12.6. The Labute approximate surface area is 159 Å². The van der Waals surface area contributed by atoms with Crippen LogP contribution in [0.4, 0.5) is 0 Å². The fourth-order valence-corrected chi connectivity index (χ4v) is 5.09. The topological polar surface area (TPSA) is 79.6 Å². The number of nitrogens with zero attached hydrogens (tertiary/aromatic N) is 1. The zero-order valence-corrected chi connectivity index (χ0v) is 16.0. The van der Waals surface area contributed by atoms with E-state index >= 15 is 0 Å². The minimum Gasteiger partial charge on any atom is -0.438 e. The number of rotatable bonds is 6. The maximum absolute atomic E-state index is 12.6. The average Bonchev–Trinajstić information content (AvgIpc) is 3.33. The molecule has 1 saturated carbocycles. The number of amides is 1. The van der Waals surface area contributed by atoms with Crippen LogP contribution in [-0.2, 0) is 15.4 Å². The second-order valence-corrected chi connectivity index (χ2v) is 9.28. The first-order valence-corrected chi connectivity index (χ1v) is 10.9. The quantitative estimate of drug-likeness (QED) is 0.825. The lowest BCUT2D eigenvalue weighted by Gasteiger charge is -2.24. The molecule has 7 heteroatoms. The monoisotopic (exact) mass is 388 g/mol. The molecule has 1 amide bonds. The minimum atomic E-state index is -3.66. The molecule has 4 rings (SSSR count). The molecule has 2 heterocycles. The Hall–Kier alpha value is -2.12. The predicted molar refractivity (Wildman–Crippen MR) is 101 cm³/mol. The summed E-state index contributed by atoms with van der Waals surface area (Å²) in [6, 6.07) is 13.0. The highest BCUT2D eigenvalue weighted by Crippen LogP contribution is 2.47. The molecule has 27 heavy (non-hydrogen) atoms. The molecule has 1 aliphatic heterocycles. The summed E-state index contributed by atoms with van der Waals surface area (Å²) in [6.07, 6.45) is 4.82. The molecule has 0 spiro atoms.